The monoisotopic (exact) mass is 218 g/mol. The van der Waals surface area contributed by atoms with Gasteiger partial charge in [0.05, 0.1) is 6.61 Å². The predicted molar refractivity (Wildman–Crippen MR) is 54.3 cm³/mol. The maximum atomic E-state index is 11.2. The second kappa shape index (κ2) is 5.67. The van der Waals surface area contributed by atoms with Crippen molar-refractivity contribution in [1.82, 2.24) is 5.32 Å². The molecule has 4 N–H and O–H groups in total. The second-order valence-electron chi connectivity index (χ2n) is 4.26. The molecule has 1 unspecified atom stereocenters. The molecule has 0 aliphatic heterocycles. The van der Waals surface area contributed by atoms with Crippen molar-refractivity contribution in [3.63, 3.8) is 0 Å². The zero-order valence-electron chi connectivity index (χ0n) is 9.24. The minimum Gasteiger partial charge on any atom is -0.480 e. The molecule has 0 aliphatic carbocycles. The Kier molecular flexibility index (Phi) is 5.24. The van der Waals surface area contributed by atoms with E-state index in [9.17, 15) is 9.59 Å². The first-order chi connectivity index (χ1) is 6.72. The molecule has 6 nitrogen and oxygen atoms in total. The molecule has 0 heterocycles. The Morgan fingerprint density at radius 3 is 2.40 bits per heavy atom. The summed E-state index contributed by atoms with van der Waals surface area (Å²) in [6.45, 7) is 5.17. The van der Waals surface area contributed by atoms with Crippen molar-refractivity contribution in [3.05, 3.63) is 0 Å². The summed E-state index contributed by atoms with van der Waals surface area (Å²) in [6, 6.07) is -1.09. The van der Waals surface area contributed by atoms with Crippen molar-refractivity contribution in [2.75, 3.05) is 13.2 Å². The van der Waals surface area contributed by atoms with Crippen LogP contribution in [0, 0.1) is 0 Å². The topological polar surface area (TPSA) is 102 Å². The van der Waals surface area contributed by atoms with Crippen LogP contribution >= 0.6 is 0 Å². The fourth-order valence-corrected chi connectivity index (χ4v) is 0.804. The van der Waals surface area contributed by atoms with E-state index in [2.05, 4.69) is 5.32 Å². The number of nitrogens with two attached hydrogens (primary N) is 1. The van der Waals surface area contributed by atoms with Crippen LogP contribution in [0.1, 0.15) is 20.8 Å². The average molecular weight is 218 g/mol. The van der Waals surface area contributed by atoms with Gasteiger partial charge in [0.15, 0.2) is 0 Å². The van der Waals surface area contributed by atoms with Gasteiger partial charge in [0.25, 0.3) is 0 Å². The molecule has 0 aromatic carbocycles. The Morgan fingerprint density at radius 1 is 1.47 bits per heavy atom. The molecule has 0 aliphatic rings. The first-order valence-electron chi connectivity index (χ1n) is 4.59. The Bertz CT molecular complexity index is 235. The highest BCUT2D eigenvalue weighted by atomic mass is 16.5. The van der Waals surface area contributed by atoms with Gasteiger partial charge in [0.2, 0.25) is 5.91 Å². The molecule has 0 aromatic heterocycles. The third-order valence-corrected chi connectivity index (χ3v) is 1.36. The number of amides is 1. The van der Waals surface area contributed by atoms with Crippen LogP contribution in [0.2, 0.25) is 0 Å². The summed E-state index contributed by atoms with van der Waals surface area (Å²) >= 11 is 0. The second-order valence-corrected chi connectivity index (χ2v) is 4.26. The molecule has 0 fully saturated rings. The van der Waals surface area contributed by atoms with Crippen LogP contribution in [0.15, 0.2) is 0 Å². The molecule has 1 amide bonds. The van der Waals surface area contributed by atoms with Crippen molar-refractivity contribution < 1.29 is 19.4 Å². The van der Waals surface area contributed by atoms with E-state index in [-0.39, 0.29) is 24.7 Å². The molecule has 0 radical (unpaired) electrons. The minimum atomic E-state index is -1.15. The molecule has 0 aromatic rings. The van der Waals surface area contributed by atoms with Gasteiger partial charge in [0.1, 0.15) is 12.6 Å². The third kappa shape index (κ3) is 7.90. The van der Waals surface area contributed by atoms with E-state index in [4.69, 9.17) is 15.6 Å². The van der Waals surface area contributed by atoms with Gasteiger partial charge in [-0.05, 0) is 20.8 Å². The van der Waals surface area contributed by atoms with E-state index >= 15 is 0 Å². The molecule has 0 spiro atoms. The van der Waals surface area contributed by atoms with Crippen LogP contribution in [0.25, 0.3) is 0 Å². The van der Waals surface area contributed by atoms with Crippen LogP contribution in [0.5, 0.6) is 0 Å². The lowest BCUT2D eigenvalue weighted by Gasteiger charge is -2.20. The molecule has 0 rings (SSSR count). The number of rotatable bonds is 5. The van der Waals surface area contributed by atoms with E-state index in [1.54, 1.807) is 0 Å². The Labute approximate surface area is 88.8 Å². The highest BCUT2D eigenvalue weighted by molar-refractivity contribution is 5.78. The molecule has 15 heavy (non-hydrogen) atoms. The molecular weight excluding hydrogens is 200 g/mol. The molecule has 0 saturated heterocycles. The van der Waals surface area contributed by atoms with Crippen molar-refractivity contribution in [1.29, 1.82) is 0 Å². The smallest absolute Gasteiger partial charge is 0.322 e. The molecule has 0 bridgehead atoms. The fraction of sp³-hybridized carbons (Fsp3) is 0.778. The van der Waals surface area contributed by atoms with Gasteiger partial charge in [-0.2, -0.15) is 0 Å². The SMILES string of the molecule is CC(C)(C)NC(=O)COCC(N)C(=O)O. The summed E-state index contributed by atoms with van der Waals surface area (Å²) in [7, 11) is 0. The fourth-order valence-electron chi connectivity index (χ4n) is 0.804. The molecule has 6 heteroatoms. The molecule has 0 saturated carbocycles. The Morgan fingerprint density at radius 2 is 2.00 bits per heavy atom. The standard InChI is InChI=1S/C9H18N2O4/c1-9(2,3)11-7(12)5-15-4-6(10)8(13)14/h6H,4-5,10H2,1-3H3,(H,11,12)(H,13,14). The summed E-state index contributed by atoms with van der Waals surface area (Å²) in [5.74, 6) is -1.44. The number of hydrogen-bond donors (Lipinski definition) is 3. The van der Waals surface area contributed by atoms with Crippen LogP contribution < -0.4 is 11.1 Å². The number of carboxylic acids is 1. The molecular formula is C9H18N2O4. The van der Waals surface area contributed by atoms with Gasteiger partial charge in [-0.15, -0.1) is 0 Å². The van der Waals surface area contributed by atoms with Gasteiger partial charge >= 0.3 is 5.97 Å². The Hall–Kier alpha value is -1.14. The van der Waals surface area contributed by atoms with Gasteiger partial charge in [0, 0.05) is 5.54 Å². The van der Waals surface area contributed by atoms with Crippen LogP contribution in [-0.4, -0.2) is 41.8 Å². The lowest BCUT2D eigenvalue weighted by atomic mass is 10.1. The van der Waals surface area contributed by atoms with Gasteiger partial charge < -0.3 is 20.9 Å². The number of hydrogen-bond acceptors (Lipinski definition) is 4. The highest BCUT2D eigenvalue weighted by Crippen LogP contribution is 1.97. The normalized spacial score (nSPS) is 13.3. The van der Waals surface area contributed by atoms with Crippen LogP contribution in [0.4, 0.5) is 0 Å². The van der Waals surface area contributed by atoms with E-state index in [0.29, 0.717) is 0 Å². The number of ether oxygens (including phenoxy) is 1. The lowest BCUT2D eigenvalue weighted by molar-refractivity contribution is -0.141. The summed E-state index contributed by atoms with van der Waals surface area (Å²) in [4.78, 5) is 21.5. The van der Waals surface area contributed by atoms with Crippen molar-refractivity contribution in [2.24, 2.45) is 5.73 Å². The maximum absolute atomic E-state index is 11.2. The number of carboxylic acid groups (broad SMARTS) is 1. The van der Waals surface area contributed by atoms with E-state index in [0.717, 1.165) is 0 Å². The predicted octanol–water partition coefficient (Wildman–Crippen LogP) is -0.670. The summed E-state index contributed by atoms with van der Waals surface area (Å²) in [6.07, 6.45) is 0. The summed E-state index contributed by atoms with van der Waals surface area (Å²) in [5.41, 5.74) is 4.85. The Balaban J connectivity index is 3.69. The van der Waals surface area contributed by atoms with Crippen molar-refractivity contribution >= 4 is 11.9 Å². The average Bonchev–Trinajstić information content (AvgIpc) is 2.00. The van der Waals surface area contributed by atoms with Crippen LogP contribution in [-0.2, 0) is 14.3 Å². The zero-order chi connectivity index (χ0) is 12.1. The van der Waals surface area contributed by atoms with Crippen molar-refractivity contribution in [3.8, 4) is 0 Å². The van der Waals surface area contributed by atoms with Crippen LogP contribution in [0.3, 0.4) is 0 Å². The minimum absolute atomic E-state index is 0.174. The van der Waals surface area contributed by atoms with Crippen molar-refractivity contribution in [2.45, 2.75) is 32.4 Å². The quantitative estimate of drug-likeness (QED) is 0.568. The molecule has 88 valence electrons. The summed E-state index contributed by atoms with van der Waals surface area (Å²) < 4.78 is 4.85. The number of carbonyl (C=O) groups is 2. The van der Waals surface area contributed by atoms with E-state index in [1.807, 2.05) is 20.8 Å². The lowest BCUT2D eigenvalue weighted by Crippen LogP contribution is -2.43. The number of nitrogens with one attached hydrogen (secondary N) is 1. The summed E-state index contributed by atoms with van der Waals surface area (Å²) in [5, 5.41) is 11.1. The van der Waals surface area contributed by atoms with E-state index < -0.39 is 12.0 Å². The maximum Gasteiger partial charge on any atom is 0.322 e. The first-order valence-corrected chi connectivity index (χ1v) is 4.59. The molecule has 1 atom stereocenters. The third-order valence-electron chi connectivity index (χ3n) is 1.36. The highest BCUT2D eigenvalue weighted by Gasteiger charge is 2.15. The number of carbonyl (C=O) groups excluding carboxylic acids is 1. The van der Waals surface area contributed by atoms with Gasteiger partial charge in [-0.25, -0.2) is 0 Å². The first kappa shape index (κ1) is 13.9. The largest absolute Gasteiger partial charge is 0.480 e. The van der Waals surface area contributed by atoms with E-state index in [1.165, 1.54) is 0 Å². The zero-order valence-corrected chi connectivity index (χ0v) is 9.24. The number of aliphatic carboxylic acids is 1. The van der Waals surface area contributed by atoms with Gasteiger partial charge in [-0.1, -0.05) is 0 Å². The van der Waals surface area contributed by atoms with Gasteiger partial charge in [-0.3, -0.25) is 9.59 Å².